The molecule has 7 aromatic carbocycles. The average Bonchev–Trinajstić information content (AvgIpc) is 3.65. The Bertz CT molecular complexity index is 2680. The van der Waals surface area contributed by atoms with Crippen molar-refractivity contribution < 1.29 is 0 Å². The van der Waals surface area contributed by atoms with Gasteiger partial charge in [0.1, 0.15) is 0 Å². The van der Waals surface area contributed by atoms with Crippen LogP contribution in [0, 0.1) is 13.8 Å². The minimum absolute atomic E-state index is 0.0833. The van der Waals surface area contributed by atoms with Crippen LogP contribution in [0.25, 0.3) is 66.1 Å². The molecule has 2 heteroatoms. The van der Waals surface area contributed by atoms with Gasteiger partial charge in [-0.3, -0.25) is 0 Å². The Morgan fingerprint density at radius 3 is 1.73 bits per heavy atom. The molecular formula is C47H38N2. The van der Waals surface area contributed by atoms with Gasteiger partial charge in [-0.15, -0.1) is 0 Å². The smallest absolute Gasteiger partial charge is 0.0641 e. The van der Waals surface area contributed by atoms with Crippen molar-refractivity contribution in [2.24, 2.45) is 0 Å². The van der Waals surface area contributed by atoms with E-state index < -0.39 is 0 Å². The highest BCUT2D eigenvalue weighted by Crippen LogP contribution is 2.42. The average molecular weight is 631 g/mol. The molecule has 2 heterocycles. The summed E-state index contributed by atoms with van der Waals surface area (Å²) in [6, 6.07) is 58.3. The number of benzene rings is 7. The fraction of sp³-hybridized carbons (Fsp3) is 0.106. The molecule has 9 aromatic rings. The molecule has 0 spiro atoms. The van der Waals surface area contributed by atoms with Crippen molar-refractivity contribution in [1.82, 2.24) is 9.13 Å². The van der Waals surface area contributed by atoms with E-state index in [1.165, 1.54) is 82.7 Å². The zero-order chi connectivity index (χ0) is 33.3. The zero-order valence-corrected chi connectivity index (χ0v) is 28.4. The first kappa shape index (κ1) is 29.3. The van der Waals surface area contributed by atoms with Crippen LogP contribution in [-0.2, 0) is 5.41 Å². The molecule has 0 unspecified atom stereocenters. The lowest BCUT2D eigenvalue weighted by atomic mass is 9.77. The van der Waals surface area contributed by atoms with Gasteiger partial charge >= 0.3 is 0 Å². The quantitative estimate of drug-likeness (QED) is 0.179. The van der Waals surface area contributed by atoms with Gasteiger partial charge in [0.2, 0.25) is 0 Å². The molecule has 0 bridgehead atoms. The van der Waals surface area contributed by atoms with Crippen molar-refractivity contribution in [2.75, 3.05) is 0 Å². The molecular weight excluding hydrogens is 593 g/mol. The van der Waals surface area contributed by atoms with Crippen molar-refractivity contribution in [1.29, 1.82) is 0 Å². The SMILES string of the molecule is Cc1ccc(C(C)(C)c2ccc(-c3cccc(-n4c5ccccc5c5ccc6c(c7ccccc7n6-c6cccc(C)c6)c54)c3)cc2)cc1. The molecule has 0 N–H and O–H groups in total. The molecule has 2 nitrogen and oxygen atoms in total. The molecule has 0 aliphatic rings. The van der Waals surface area contributed by atoms with Crippen molar-refractivity contribution in [3.63, 3.8) is 0 Å². The van der Waals surface area contributed by atoms with Crippen LogP contribution in [-0.4, -0.2) is 9.13 Å². The first-order chi connectivity index (χ1) is 23.9. The molecule has 236 valence electrons. The Labute approximate surface area is 287 Å². The zero-order valence-electron chi connectivity index (χ0n) is 28.4. The van der Waals surface area contributed by atoms with Gasteiger partial charge in [-0.05, 0) is 84.1 Å². The van der Waals surface area contributed by atoms with Gasteiger partial charge < -0.3 is 9.13 Å². The minimum atomic E-state index is -0.0833. The second kappa shape index (κ2) is 11.1. The highest BCUT2D eigenvalue weighted by molar-refractivity contribution is 6.26. The van der Waals surface area contributed by atoms with Gasteiger partial charge in [0.15, 0.2) is 0 Å². The first-order valence-corrected chi connectivity index (χ1v) is 17.2. The van der Waals surface area contributed by atoms with Crippen molar-refractivity contribution >= 4 is 43.6 Å². The molecule has 9 rings (SSSR count). The van der Waals surface area contributed by atoms with Gasteiger partial charge in [-0.2, -0.15) is 0 Å². The summed E-state index contributed by atoms with van der Waals surface area (Å²) >= 11 is 0. The van der Waals surface area contributed by atoms with Gasteiger partial charge in [0, 0.05) is 38.3 Å². The standard InChI is InChI=1S/C47H38N2/c1-31-19-23-35(24-20-31)47(3,4)36-25-21-33(22-26-36)34-12-10-14-38(30-34)49-42-17-7-5-15-39(42)40-27-28-44-45(46(40)49)41-16-6-8-18-43(41)48(44)37-13-9-11-32(2)29-37/h5-30H,1-4H3. The van der Waals surface area contributed by atoms with E-state index in [4.69, 9.17) is 0 Å². The number of rotatable bonds is 5. The van der Waals surface area contributed by atoms with E-state index in [1.807, 2.05) is 0 Å². The summed E-state index contributed by atoms with van der Waals surface area (Å²) in [5.41, 5.74) is 14.7. The molecule has 0 saturated heterocycles. The van der Waals surface area contributed by atoms with E-state index in [0.717, 1.165) is 5.69 Å². The predicted molar refractivity (Wildman–Crippen MR) is 209 cm³/mol. The van der Waals surface area contributed by atoms with Crippen LogP contribution in [0.15, 0.2) is 158 Å². The lowest BCUT2D eigenvalue weighted by Gasteiger charge is -2.26. The number of aromatic nitrogens is 2. The third-order valence-corrected chi connectivity index (χ3v) is 10.5. The monoisotopic (exact) mass is 630 g/mol. The highest BCUT2D eigenvalue weighted by Gasteiger charge is 2.24. The first-order valence-electron chi connectivity index (χ1n) is 17.2. The summed E-state index contributed by atoms with van der Waals surface area (Å²) in [7, 11) is 0. The van der Waals surface area contributed by atoms with Crippen LogP contribution < -0.4 is 0 Å². The number of para-hydroxylation sites is 2. The molecule has 0 fully saturated rings. The van der Waals surface area contributed by atoms with E-state index in [9.17, 15) is 0 Å². The Balaban J connectivity index is 1.25. The Morgan fingerprint density at radius 1 is 0.408 bits per heavy atom. The summed E-state index contributed by atoms with van der Waals surface area (Å²) in [4.78, 5) is 0. The van der Waals surface area contributed by atoms with E-state index in [-0.39, 0.29) is 5.41 Å². The van der Waals surface area contributed by atoms with Crippen LogP contribution in [0.5, 0.6) is 0 Å². The second-order valence-electron chi connectivity index (χ2n) is 14.0. The van der Waals surface area contributed by atoms with Crippen LogP contribution >= 0.6 is 0 Å². The largest absolute Gasteiger partial charge is 0.309 e. The maximum Gasteiger partial charge on any atom is 0.0641 e. The van der Waals surface area contributed by atoms with Gasteiger partial charge in [0.05, 0.1) is 22.1 Å². The third-order valence-electron chi connectivity index (χ3n) is 10.5. The Hall–Kier alpha value is -5.86. The van der Waals surface area contributed by atoms with Crippen molar-refractivity contribution in [3.05, 3.63) is 180 Å². The molecule has 0 atom stereocenters. The van der Waals surface area contributed by atoms with Gasteiger partial charge in [-0.25, -0.2) is 0 Å². The van der Waals surface area contributed by atoms with Crippen LogP contribution in [0.3, 0.4) is 0 Å². The van der Waals surface area contributed by atoms with Crippen LogP contribution in [0.2, 0.25) is 0 Å². The Morgan fingerprint density at radius 2 is 1.02 bits per heavy atom. The topological polar surface area (TPSA) is 9.86 Å². The summed E-state index contributed by atoms with van der Waals surface area (Å²) < 4.78 is 4.91. The fourth-order valence-electron chi connectivity index (χ4n) is 7.86. The van der Waals surface area contributed by atoms with E-state index in [2.05, 4.69) is 195 Å². The summed E-state index contributed by atoms with van der Waals surface area (Å²) in [6.07, 6.45) is 0. The molecule has 49 heavy (non-hydrogen) atoms. The predicted octanol–water partition coefficient (Wildman–Crippen LogP) is 12.5. The lowest BCUT2D eigenvalue weighted by molar-refractivity contribution is 0.641. The second-order valence-corrected chi connectivity index (χ2v) is 14.0. The van der Waals surface area contributed by atoms with Crippen LogP contribution in [0.1, 0.15) is 36.1 Å². The molecule has 0 aliphatic heterocycles. The van der Waals surface area contributed by atoms with E-state index in [0.29, 0.717) is 0 Å². The van der Waals surface area contributed by atoms with E-state index in [1.54, 1.807) is 0 Å². The number of nitrogens with zero attached hydrogens (tertiary/aromatic N) is 2. The van der Waals surface area contributed by atoms with Crippen molar-refractivity contribution in [3.8, 4) is 22.5 Å². The molecule has 2 aromatic heterocycles. The van der Waals surface area contributed by atoms with Gasteiger partial charge in [0.25, 0.3) is 0 Å². The van der Waals surface area contributed by atoms with E-state index >= 15 is 0 Å². The maximum absolute atomic E-state index is 2.48. The van der Waals surface area contributed by atoms with Gasteiger partial charge in [-0.1, -0.05) is 135 Å². The van der Waals surface area contributed by atoms with Crippen LogP contribution in [0.4, 0.5) is 0 Å². The summed E-state index contributed by atoms with van der Waals surface area (Å²) in [6.45, 7) is 8.93. The maximum atomic E-state index is 2.48. The summed E-state index contributed by atoms with van der Waals surface area (Å²) in [5, 5.41) is 5.07. The molecule has 0 saturated carbocycles. The fourth-order valence-corrected chi connectivity index (χ4v) is 7.86. The lowest BCUT2D eigenvalue weighted by Crippen LogP contribution is -2.18. The van der Waals surface area contributed by atoms with Crippen molar-refractivity contribution in [2.45, 2.75) is 33.1 Å². The minimum Gasteiger partial charge on any atom is -0.309 e. The number of aryl methyl sites for hydroxylation is 2. The normalized spacial score (nSPS) is 12.1. The number of hydrogen-bond donors (Lipinski definition) is 0. The Kier molecular flexibility index (Phi) is 6.64. The molecule has 0 aliphatic carbocycles. The number of fused-ring (bicyclic) bond motifs is 7. The molecule has 0 amide bonds. The highest BCUT2D eigenvalue weighted by atomic mass is 15.0. The molecule has 0 radical (unpaired) electrons. The number of hydrogen-bond acceptors (Lipinski definition) is 0. The summed E-state index contributed by atoms with van der Waals surface area (Å²) in [5.74, 6) is 0. The third kappa shape index (κ3) is 4.63.